The van der Waals surface area contributed by atoms with Gasteiger partial charge in [0.15, 0.2) is 0 Å². The molecule has 2 heteroatoms. The summed E-state index contributed by atoms with van der Waals surface area (Å²) in [7, 11) is 0. The zero-order valence-corrected chi connectivity index (χ0v) is 14.5. The lowest BCUT2D eigenvalue weighted by molar-refractivity contribution is 0.692. The Morgan fingerprint density at radius 1 is 0.739 bits per heavy atom. The van der Waals surface area contributed by atoms with Crippen LogP contribution in [0.5, 0.6) is 0 Å². The summed E-state index contributed by atoms with van der Waals surface area (Å²) < 4.78 is 1.10. The molecule has 0 fully saturated rings. The van der Waals surface area contributed by atoms with E-state index in [1.807, 2.05) is 6.07 Å². The van der Waals surface area contributed by atoms with Crippen molar-refractivity contribution in [2.24, 2.45) is 0 Å². The molecule has 0 radical (unpaired) electrons. The molecule has 0 saturated carbocycles. The van der Waals surface area contributed by atoms with Crippen molar-refractivity contribution in [1.82, 2.24) is 0 Å². The predicted octanol–water partition coefficient (Wildman–Crippen LogP) is 6.24. The van der Waals surface area contributed by atoms with Crippen molar-refractivity contribution >= 4 is 21.6 Å². The van der Waals surface area contributed by atoms with E-state index in [1.54, 1.807) is 0 Å². The Kier molecular flexibility index (Phi) is 5.49. The second kappa shape index (κ2) is 7.98. The summed E-state index contributed by atoms with van der Waals surface area (Å²) in [6.45, 7) is 0. The molecule has 1 N–H and O–H groups in total. The van der Waals surface area contributed by atoms with Crippen molar-refractivity contribution in [1.29, 1.82) is 0 Å². The van der Waals surface area contributed by atoms with E-state index in [1.165, 1.54) is 11.1 Å². The topological polar surface area (TPSA) is 12.0 Å². The van der Waals surface area contributed by atoms with Crippen molar-refractivity contribution < 1.29 is 0 Å². The highest BCUT2D eigenvalue weighted by atomic mass is 79.9. The Morgan fingerprint density at radius 3 is 2.04 bits per heavy atom. The lowest BCUT2D eigenvalue weighted by atomic mass is 9.98. The summed E-state index contributed by atoms with van der Waals surface area (Å²) >= 11 is 3.63. The monoisotopic (exact) mass is 365 g/mol. The third-order valence-electron chi connectivity index (χ3n) is 3.97. The van der Waals surface area contributed by atoms with Crippen molar-refractivity contribution in [3.8, 4) is 0 Å². The molecule has 0 spiro atoms. The van der Waals surface area contributed by atoms with Gasteiger partial charge in [-0.2, -0.15) is 0 Å². The number of halogens is 1. The molecule has 3 aromatic carbocycles. The number of aryl methyl sites for hydroxylation is 1. The first kappa shape index (κ1) is 15.8. The Labute approximate surface area is 146 Å². The maximum Gasteiger partial charge on any atom is 0.0517 e. The first-order valence-electron chi connectivity index (χ1n) is 7.93. The van der Waals surface area contributed by atoms with Crippen LogP contribution in [-0.4, -0.2) is 0 Å². The summed E-state index contributed by atoms with van der Waals surface area (Å²) in [6.07, 6.45) is 2.10. The Bertz CT molecular complexity index is 725. The molecule has 116 valence electrons. The second-order valence-corrected chi connectivity index (χ2v) is 6.47. The maximum absolute atomic E-state index is 3.69. The van der Waals surface area contributed by atoms with Crippen LogP contribution in [0, 0.1) is 0 Å². The fourth-order valence-electron chi connectivity index (χ4n) is 2.73. The van der Waals surface area contributed by atoms with E-state index in [0.29, 0.717) is 0 Å². The van der Waals surface area contributed by atoms with Gasteiger partial charge in [0, 0.05) is 10.2 Å². The SMILES string of the molecule is Brc1ccccc1NC(CCc1ccccc1)c1ccccc1. The van der Waals surface area contributed by atoms with Crippen molar-refractivity contribution in [2.45, 2.75) is 18.9 Å². The molecule has 1 atom stereocenters. The van der Waals surface area contributed by atoms with Gasteiger partial charge in [-0.25, -0.2) is 0 Å². The summed E-state index contributed by atoms with van der Waals surface area (Å²) in [5.74, 6) is 0. The third kappa shape index (κ3) is 4.46. The van der Waals surface area contributed by atoms with Crippen molar-refractivity contribution in [3.63, 3.8) is 0 Å². The van der Waals surface area contributed by atoms with Crippen molar-refractivity contribution in [2.75, 3.05) is 5.32 Å². The fourth-order valence-corrected chi connectivity index (χ4v) is 3.13. The molecular formula is C21H20BrN. The Morgan fingerprint density at radius 2 is 1.35 bits per heavy atom. The zero-order chi connectivity index (χ0) is 15.9. The Balaban J connectivity index is 1.78. The molecule has 0 saturated heterocycles. The lowest BCUT2D eigenvalue weighted by Gasteiger charge is -2.21. The molecule has 23 heavy (non-hydrogen) atoms. The minimum atomic E-state index is 0.287. The van der Waals surface area contributed by atoms with Crippen LogP contribution in [0.15, 0.2) is 89.4 Å². The number of para-hydroxylation sites is 1. The average Bonchev–Trinajstić information content (AvgIpc) is 2.62. The van der Waals surface area contributed by atoms with Gasteiger partial charge in [-0.15, -0.1) is 0 Å². The minimum Gasteiger partial charge on any atom is -0.377 e. The number of hydrogen-bond donors (Lipinski definition) is 1. The van der Waals surface area contributed by atoms with Crippen LogP contribution < -0.4 is 5.32 Å². The number of nitrogens with one attached hydrogen (secondary N) is 1. The second-order valence-electron chi connectivity index (χ2n) is 5.61. The molecule has 1 nitrogen and oxygen atoms in total. The van der Waals surface area contributed by atoms with Gasteiger partial charge in [0.25, 0.3) is 0 Å². The molecule has 0 aliphatic rings. The maximum atomic E-state index is 3.69. The van der Waals surface area contributed by atoms with Gasteiger partial charge in [-0.1, -0.05) is 72.8 Å². The van der Waals surface area contributed by atoms with Crippen LogP contribution in [0.2, 0.25) is 0 Å². The molecule has 0 heterocycles. The zero-order valence-electron chi connectivity index (χ0n) is 13.0. The molecule has 0 amide bonds. The first-order valence-corrected chi connectivity index (χ1v) is 8.72. The van der Waals surface area contributed by atoms with Gasteiger partial charge in [-0.3, -0.25) is 0 Å². The van der Waals surface area contributed by atoms with E-state index in [0.717, 1.165) is 23.0 Å². The molecule has 0 aliphatic carbocycles. The minimum absolute atomic E-state index is 0.287. The number of rotatable bonds is 6. The van der Waals surface area contributed by atoms with Gasteiger partial charge in [0.1, 0.15) is 0 Å². The standard InChI is InChI=1S/C21H20BrN/c22-19-13-7-8-14-21(19)23-20(18-11-5-2-6-12-18)16-15-17-9-3-1-4-10-17/h1-14,20,23H,15-16H2. The normalized spacial score (nSPS) is 11.9. The van der Waals surface area contributed by atoms with E-state index in [2.05, 4.69) is 100 Å². The van der Waals surface area contributed by atoms with Crippen molar-refractivity contribution in [3.05, 3.63) is 101 Å². The first-order chi connectivity index (χ1) is 11.3. The molecule has 3 aromatic rings. The Hall–Kier alpha value is -2.06. The predicted molar refractivity (Wildman–Crippen MR) is 102 cm³/mol. The summed E-state index contributed by atoms with van der Waals surface area (Å²) in [5, 5.41) is 3.69. The van der Waals surface area contributed by atoms with Crippen LogP contribution >= 0.6 is 15.9 Å². The van der Waals surface area contributed by atoms with E-state index in [4.69, 9.17) is 0 Å². The smallest absolute Gasteiger partial charge is 0.0517 e. The highest BCUT2D eigenvalue weighted by molar-refractivity contribution is 9.10. The molecule has 1 unspecified atom stereocenters. The molecule has 0 aromatic heterocycles. The summed E-state index contributed by atoms with van der Waals surface area (Å²) in [4.78, 5) is 0. The van der Waals surface area contributed by atoms with Crippen LogP contribution in [0.1, 0.15) is 23.6 Å². The molecule has 0 aliphatic heterocycles. The van der Waals surface area contributed by atoms with Crippen LogP contribution in [-0.2, 0) is 6.42 Å². The van der Waals surface area contributed by atoms with Gasteiger partial charge in [0.05, 0.1) is 6.04 Å². The third-order valence-corrected chi connectivity index (χ3v) is 4.66. The largest absolute Gasteiger partial charge is 0.377 e. The van der Waals surface area contributed by atoms with Crippen LogP contribution in [0.25, 0.3) is 0 Å². The van der Waals surface area contributed by atoms with E-state index in [9.17, 15) is 0 Å². The highest BCUT2D eigenvalue weighted by Crippen LogP contribution is 2.29. The van der Waals surface area contributed by atoms with E-state index in [-0.39, 0.29) is 6.04 Å². The summed E-state index contributed by atoms with van der Waals surface area (Å²) in [6, 6.07) is 29.9. The number of hydrogen-bond acceptors (Lipinski definition) is 1. The van der Waals surface area contributed by atoms with E-state index < -0.39 is 0 Å². The highest BCUT2D eigenvalue weighted by Gasteiger charge is 2.12. The van der Waals surface area contributed by atoms with Crippen LogP contribution in [0.4, 0.5) is 5.69 Å². The van der Waals surface area contributed by atoms with Gasteiger partial charge in [0.2, 0.25) is 0 Å². The van der Waals surface area contributed by atoms with Gasteiger partial charge in [-0.05, 0) is 52.0 Å². The summed E-state index contributed by atoms with van der Waals surface area (Å²) in [5.41, 5.74) is 3.83. The molecular weight excluding hydrogens is 346 g/mol. The lowest BCUT2D eigenvalue weighted by Crippen LogP contribution is -2.12. The van der Waals surface area contributed by atoms with Gasteiger partial charge >= 0.3 is 0 Å². The molecule has 3 rings (SSSR count). The molecule has 0 bridgehead atoms. The van der Waals surface area contributed by atoms with Crippen LogP contribution in [0.3, 0.4) is 0 Å². The number of anilines is 1. The number of benzene rings is 3. The fraction of sp³-hybridized carbons (Fsp3) is 0.143. The quantitative estimate of drug-likeness (QED) is 0.545. The average molecular weight is 366 g/mol. The van der Waals surface area contributed by atoms with Gasteiger partial charge < -0.3 is 5.32 Å². The van der Waals surface area contributed by atoms with E-state index >= 15 is 0 Å².